The smallest absolute Gasteiger partial charge is 0.345 e. The Hall–Kier alpha value is -2.26. The maximum Gasteiger partial charge on any atom is 0.345 e. The monoisotopic (exact) mass is 408 g/mol. The van der Waals surface area contributed by atoms with E-state index < -0.39 is 23.9 Å². The van der Waals surface area contributed by atoms with Gasteiger partial charge in [0.25, 0.3) is 5.91 Å². The van der Waals surface area contributed by atoms with Crippen molar-refractivity contribution in [2.24, 2.45) is 0 Å². The highest BCUT2D eigenvalue weighted by atomic mass is 32.2. The number of aromatic nitrogens is 1. The lowest BCUT2D eigenvalue weighted by atomic mass is 10.1. The molecule has 1 unspecified atom stereocenters. The van der Waals surface area contributed by atoms with E-state index >= 15 is 0 Å². The zero-order valence-electron chi connectivity index (χ0n) is 15.2. The standard InChI is InChI=1S/C18H20N2O5S2/c1-4-25-17(23)14(18-26-8-9-27-18)15(21)20(12(2)16(22)24-3)11-13-6-5-7-19-10-13/h5-10,12H,4,11H2,1-3H3. The van der Waals surface area contributed by atoms with E-state index in [1.54, 1.807) is 49.2 Å². The minimum atomic E-state index is -0.892. The number of carbonyl (C=O) groups is 3. The minimum Gasteiger partial charge on any atom is -0.467 e. The van der Waals surface area contributed by atoms with Crippen molar-refractivity contribution in [3.63, 3.8) is 0 Å². The molecule has 1 amide bonds. The Morgan fingerprint density at radius 1 is 1.26 bits per heavy atom. The van der Waals surface area contributed by atoms with E-state index in [2.05, 4.69) is 4.98 Å². The Bertz CT molecular complexity index is 754. The number of hydrogen-bond acceptors (Lipinski definition) is 8. The zero-order valence-corrected chi connectivity index (χ0v) is 16.8. The van der Waals surface area contributed by atoms with Crippen LogP contribution in [0.15, 0.2) is 45.2 Å². The first-order valence-corrected chi connectivity index (χ1v) is 9.92. The Kier molecular flexibility index (Phi) is 7.93. The number of esters is 2. The summed E-state index contributed by atoms with van der Waals surface area (Å²) in [7, 11) is 1.25. The van der Waals surface area contributed by atoms with Gasteiger partial charge < -0.3 is 14.4 Å². The van der Waals surface area contributed by atoms with Crippen molar-refractivity contribution >= 4 is 41.4 Å². The predicted molar refractivity (Wildman–Crippen MR) is 104 cm³/mol. The molecule has 0 N–H and O–H groups in total. The van der Waals surface area contributed by atoms with Crippen LogP contribution in [-0.4, -0.2) is 47.5 Å². The van der Waals surface area contributed by atoms with Crippen LogP contribution in [0.5, 0.6) is 0 Å². The molecule has 0 fully saturated rings. The number of ether oxygens (including phenoxy) is 2. The summed E-state index contributed by atoms with van der Waals surface area (Å²) in [6, 6.07) is 2.63. The van der Waals surface area contributed by atoms with Crippen LogP contribution in [-0.2, 0) is 30.4 Å². The van der Waals surface area contributed by atoms with Crippen LogP contribution in [0, 0.1) is 0 Å². The highest BCUT2D eigenvalue weighted by Gasteiger charge is 2.35. The van der Waals surface area contributed by atoms with Gasteiger partial charge in [0.1, 0.15) is 11.6 Å². The van der Waals surface area contributed by atoms with Gasteiger partial charge in [-0.3, -0.25) is 9.78 Å². The second kappa shape index (κ2) is 10.2. The van der Waals surface area contributed by atoms with Crippen LogP contribution in [0.25, 0.3) is 0 Å². The van der Waals surface area contributed by atoms with Crippen LogP contribution in [0.2, 0.25) is 0 Å². The van der Waals surface area contributed by atoms with Crippen molar-refractivity contribution in [2.45, 2.75) is 26.4 Å². The normalized spacial score (nSPS) is 13.8. The van der Waals surface area contributed by atoms with Crippen LogP contribution >= 0.6 is 23.5 Å². The molecule has 0 radical (unpaired) electrons. The van der Waals surface area contributed by atoms with Gasteiger partial charge in [-0.25, -0.2) is 9.59 Å². The number of methoxy groups -OCH3 is 1. The molecule has 2 rings (SSSR count). The van der Waals surface area contributed by atoms with Crippen molar-refractivity contribution in [1.29, 1.82) is 0 Å². The number of rotatable bonds is 7. The molecule has 0 bridgehead atoms. The molecule has 0 spiro atoms. The number of thioether (sulfide) groups is 2. The number of nitrogens with zero attached hydrogens (tertiary/aromatic N) is 2. The Balaban J connectivity index is 2.41. The van der Waals surface area contributed by atoms with Crippen molar-refractivity contribution in [3.8, 4) is 0 Å². The molecule has 0 saturated carbocycles. The molecule has 1 aromatic heterocycles. The van der Waals surface area contributed by atoms with E-state index in [-0.39, 0.29) is 18.7 Å². The van der Waals surface area contributed by atoms with Crippen molar-refractivity contribution in [3.05, 3.63) is 50.7 Å². The second-order valence-electron chi connectivity index (χ2n) is 5.38. The van der Waals surface area contributed by atoms with E-state index in [1.807, 2.05) is 0 Å². The summed E-state index contributed by atoms with van der Waals surface area (Å²) < 4.78 is 10.4. The van der Waals surface area contributed by atoms with Gasteiger partial charge in [-0.05, 0) is 36.3 Å². The average molecular weight is 409 g/mol. The third-order valence-electron chi connectivity index (χ3n) is 3.65. The Labute approximate surface area is 166 Å². The number of hydrogen-bond donors (Lipinski definition) is 0. The van der Waals surface area contributed by atoms with E-state index in [9.17, 15) is 14.4 Å². The highest BCUT2D eigenvalue weighted by Crippen LogP contribution is 2.40. The van der Waals surface area contributed by atoms with Gasteiger partial charge in [-0.2, -0.15) is 0 Å². The van der Waals surface area contributed by atoms with E-state index in [0.29, 0.717) is 4.24 Å². The van der Waals surface area contributed by atoms with Gasteiger partial charge in [0, 0.05) is 18.9 Å². The van der Waals surface area contributed by atoms with Crippen LogP contribution in [0.3, 0.4) is 0 Å². The van der Waals surface area contributed by atoms with Crippen LogP contribution in [0.1, 0.15) is 19.4 Å². The minimum absolute atomic E-state index is 0.0866. The lowest BCUT2D eigenvalue weighted by molar-refractivity contribution is -0.153. The molecule has 1 aliphatic rings. The summed E-state index contributed by atoms with van der Waals surface area (Å²) in [5.41, 5.74) is 0.635. The van der Waals surface area contributed by atoms with Crippen molar-refractivity contribution in [2.75, 3.05) is 13.7 Å². The molecule has 0 aliphatic carbocycles. The van der Waals surface area contributed by atoms with Gasteiger partial charge in [-0.1, -0.05) is 29.6 Å². The van der Waals surface area contributed by atoms with E-state index in [1.165, 1.54) is 35.5 Å². The predicted octanol–water partition coefficient (Wildman–Crippen LogP) is 2.70. The third-order valence-corrected chi connectivity index (χ3v) is 5.78. The Morgan fingerprint density at radius 3 is 2.52 bits per heavy atom. The molecule has 1 atom stereocenters. The lowest BCUT2D eigenvalue weighted by Gasteiger charge is -2.28. The molecule has 1 aliphatic heterocycles. The number of carbonyl (C=O) groups excluding carboxylic acids is 3. The maximum atomic E-state index is 13.3. The van der Waals surface area contributed by atoms with Gasteiger partial charge in [0.2, 0.25) is 0 Å². The van der Waals surface area contributed by atoms with Crippen LogP contribution in [0.4, 0.5) is 0 Å². The molecule has 0 aromatic carbocycles. The molecule has 0 saturated heterocycles. The molecule has 7 nitrogen and oxygen atoms in total. The first kappa shape index (κ1) is 21.0. The fourth-order valence-corrected chi connectivity index (χ4v) is 4.12. The highest BCUT2D eigenvalue weighted by molar-refractivity contribution is 8.27. The van der Waals surface area contributed by atoms with E-state index in [4.69, 9.17) is 9.47 Å². The van der Waals surface area contributed by atoms with Gasteiger partial charge >= 0.3 is 11.9 Å². The SMILES string of the molecule is CCOC(=O)C(C(=O)N(Cc1cccnc1)C(C)C(=O)OC)=C1SC=CS1. The topological polar surface area (TPSA) is 85.8 Å². The molecule has 27 heavy (non-hydrogen) atoms. The molecule has 2 heterocycles. The molecule has 144 valence electrons. The first-order valence-electron chi connectivity index (χ1n) is 8.17. The molecule has 9 heteroatoms. The summed E-state index contributed by atoms with van der Waals surface area (Å²) >= 11 is 2.54. The Morgan fingerprint density at radius 2 is 1.96 bits per heavy atom. The average Bonchev–Trinajstić information content (AvgIpc) is 3.20. The van der Waals surface area contributed by atoms with Gasteiger partial charge in [0.05, 0.1) is 18.0 Å². The largest absolute Gasteiger partial charge is 0.467 e. The van der Waals surface area contributed by atoms with Crippen LogP contribution < -0.4 is 0 Å². The summed E-state index contributed by atoms with van der Waals surface area (Å²) in [6.07, 6.45) is 3.21. The maximum absolute atomic E-state index is 13.3. The third kappa shape index (κ3) is 5.36. The summed E-state index contributed by atoms with van der Waals surface area (Å²) in [5.74, 6) is -1.88. The van der Waals surface area contributed by atoms with Gasteiger partial charge in [-0.15, -0.1) is 0 Å². The summed E-state index contributed by atoms with van der Waals surface area (Å²) in [6.45, 7) is 3.46. The lowest BCUT2D eigenvalue weighted by Crippen LogP contribution is -2.45. The number of amides is 1. The van der Waals surface area contributed by atoms with E-state index in [0.717, 1.165) is 5.56 Å². The van der Waals surface area contributed by atoms with Gasteiger partial charge in [0.15, 0.2) is 0 Å². The fourth-order valence-electron chi connectivity index (χ4n) is 2.30. The molecular weight excluding hydrogens is 388 g/mol. The second-order valence-corrected chi connectivity index (χ2v) is 7.47. The zero-order chi connectivity index (χ0) is 19.8. The fraction of sp³-hybridized carbons (Fsp3) is 0.333. The van der Waals surface area contributed by atoms with Crippen molar-refractivity contribution in [1.82, 2.24) is 9.88 Å². The van der Waals surface area contributed by atoms with Crippen molar-refractivity contribution < 1.29 is 23.9 Å². The summed E-state index contributed by atoms with van der Waals surface area (Å²) in [5, 5.41) is 3.56. The first-order chi connectivity index (χ1) is 13.0. The number of pyridine rings is 1. The quantitative estimate of drug-likeness (QED) is 0.295. The molecular formula is C18H20N2O5S2. The summed E-state index contributed by atoms with van der Waals surface area (Å²) in [4.78, 5) is 43.2. The molecule has 1 aromatic rings.